The van der Waals surface area contributed by atoms with Crippen LogP contribution < -0.4 is 5.01 Å². The zero-order chi connectivity index (χ0) is 19.7. The average molecular weight is 378 g/mol. The largest absolute Gasteiger partial charge is 0.333 e. The van der Waals surface area contributed by atoms with E-state index in [1.807, 2.05) is 56.1 Å². The van der Waals surface area contributed by atoms with Crippen LogP contribution in [0.3, 0.4) is 0 Å². The van der Waals surface area contributed by atoms with Gasteiger partial charge in [-0.05, 0) is 69.0 Å². The van der Waals surface area contributed by atoms with E-state index in [0.29, 0.717) is 17.4 Å². The normalized spacial score (nSPS) is 15.5. The van der Waals surface area contributed by atoms with Gasteiger partial charge in [-0.25, -0.2) is 4.39 Å². The molecule has 0 bridgehead atoms. The van der Waals surface area contributed by atoms with Gasteiger partial charge in [0.25, 0.3) is 5.89 Å². The van der Waals surface area contributed by atoms with Crippen molar-refractivity contribution >= 4 is 11.4 Å². The second-order valence-electron chi connectivity index (χ2n) is 7.20. The van der Waals surface area contributed by atoms with Crippen molar-refractivity contribution in [3.63, 3.8) is 0 Å². The molecule has 0 spiro atoms. The first-order valence-electron chi connectivity index (χ1n) is 9.52. The summed E-state index contributed by atoms with van der Waals surface area (Å²) in [6, 6.07) is 14.8. The molecule has 1 saturated carbocycles. The van der Waals surface area contributed by atoms with Crippen molar-refractivity contribution in [3.05, 3.63) is 77.2 Å². The lowest BCUT2D eigenvalue weighted by atomic mass is 9.91. The first-order valence-corrected chi connectivity index (χ1v) is 9.52. The van der Waals surface area contributed by atoms with Crippen molar-refractivity contribution in [3.8, 4) is 0 Å². The van der Waals surface area contributed by atoms with E-state index in [0.717, 1.165) is 36.2 Å². The number of hydrogen-bond donors (Lipinski definition) is 0. The third-order valence-electron chi connectivity index (χ3n) is 5.25. The maximum Gasteiger partial charge on any atom is 0.273 e. The molecule has 1 aromatic heterocycles. The number of para-hydroxylation sites is 1. The van der Waals surface area contributed by atoms with E-state index in [1.165, 1.54) is 6.07 Å². The Bertz CT molecular complexity index is 1010. The third-order valence-corrected chi connectivity index (χ3v) is 5.25. The van der Waals surface area contributed by atoms with Crippen LogP contribution in [0, 0.1) is 12.7 Å². The molecule has 0 radical (unpaired) electrons. The lowest BCUT2D eigenvalue weighted by Crippen LogP contribution is -2.18. The Balaban J connectivity index is 1.63. The zero-order valence-corrected chi connectivity index (χ0v) is 16.3. The summed E-state index contributed by atoms with van der Waals surface area (Å²) in [5.74, 6) is 0.757. The second-order valence-corrected chi connectivity index (χ2v) is 7.20. The van der Waals surface area contributed by atoms with Crippen molar-refractivity contribution in [1.82, 2.24) is 10.1 Å². The number of aromatic nitrogens is 2. The molecular formula is C22H23FN4O. The summed E-state index contributed by atoms with van der Waals surface area (Å²) < 4.78 is 19.3. The molecule has 2 aromatic carbocycles. The fourth-order valence-electron chi connectivity index (χ4n) is 3.55. The molecule has 4 rings (SSSR count). The standard InChI is InChI=1S/C22H23FN4O/c1-4-27(18-8-6-5-7-9-18)25-16(3)20-24-21(26-28-20)22(12-13-22)19-14-17(23)11-10-15(19)2/h5-11,14H,4,12-13H2,1-3H3/b25-16+. The molecule has 1 heterocycles. The predicted octanol–water partition coefficient (Wildman–Crippen LogP) is 4.85. The monoisotopic (exact) mass is 378 g/mol. The Morgan fingerprint density at radius 3 is 2.64 bits per heavy atom. The number of hydrogen-bond acceptors (Lipinski definition) is 5. The maximum atomic E-state index is 13.8. The van der Waals surface area contributed by atoms with Crippen LogP contribution in [0.15, 0.2) is 58.2 Å². The summed E-state index contributed by atoms with van der Waals surface area (Å²) >= 11 is 0. The van der Waals surface area contributed by atoms with Gasteiger partial charge in [0.2, 0.25) is 0 Å². The molecule has 1 aliphatic rings. The molecule has 5 nitrogen and oxygen atoms in total. The Hall–Kier alpha value is -3.02. The summed E-state index contributed by atoms with van der Waals surface area (Å²) in [5.41, 5.74) is 3.28. The van der Waals surface area contributed by atoms with Crippen LogP contribution in [0.4, 0.5) is 10.1 Å². The SMILES string of the molecule is CCN(/N=C(\C)c1nc(C2(c3cc(F)ccc3C)CC2)no1)c1ccccc1. The number of aryl methyl sites for hydroxylation is 1. The maximum absolute atomic E-state index is 13.8. The van der Waals surface area contributed by atoms with Crippen LogP contribution in [-0.2, 0) is 5.41 Å². The fraction of sp³-hybridized carbons (Fsp3) is 0.318. The summed E-state index contributed by atoms with van der Waals surface area (Å²) in [6.45, 7) is 6.60. The number of benzene rings is 2. The van der Waals surface area contributed by atoms with Crippen molar-refractivity contribution in [2.45, 2.75) is 39.0 Å². The Kier molecular flexibility index (Phi) is 4.71. The molecular weight excluding hydrogens is 355 g/mol. The molecule has 28 heavy (non-hydrogen) atoms. The number of rotatable bonds is 6. The van der Waals surface area contributed by atoms with Crippen molar-refractivity contribution in [2.24, 2.45) is 5.10 Å². The lowest BCUT2D eigenvalue weighted by molar-refractivity contribution is 0.399. The van der Waals surface area contributed by atoms with E-state index in [9.17, 15) is 4.39 Å². The fourth-order valence-corrected chi connectivity index (χ4v) is 3.55. The molecule has 6 heteroatoms. The highest BCUT2D eigenvalue weighted by molar-refractivity contribution is 5.95. The van der Waals surface area contributed by atoms with Crippen LogP contribution in [-0.4, -0.2) is 22.4 Å². The molecule has 0 aliphatic heterocycles. The summed E-state index contributed by atoms with van der Waals surface area (Å²) in [7, 11) is 0. The average Bonchev–Trinajstić information content (AvgIpc) is 3.36. The highest BCUT2D eigenvalue weighted by atomic mass is 19.1. The van der Waals surface area contributed by atoms with Gasteiger partial charge in [-0.15, -0.1) is 0 Å². The quantitative estimate of drug-likeness (QED) is 0.455. The zero-order valence-electron chi connectivity index (χ0n) is 16.3. The summed E-state index contributed by atoms with van der Waals surface area (Å²) in [4.78, 5) is 4.61. The van der Waals surface area contributed by atoms with E-state index in [2.05, 4.69) is 15.2 Å². The Morgan fingerprint density at radius 2 is 1.96 bits per heavy atom. The molecule has 0 amide bonds. The molecule has 0 unspecified atom stereocenters. The minimum Gasteiger partial charge on any atom is -0.333 e. The molecule has 1 fully saturated rings. The first kappa shape index (κ1) is 18.3. The van der Waals surface area contributed by atoms with Crippen LogP contribution >= 0.6 is 0 Å². The minimum atomic E-state index is -0.349. The predicted molar refractivity (Wildman–Crippen MR) is 107 cm³/mol. The number of halogens is 1. The van der Waals surface area contributed by atoms with Gasteiger partial charge in [0, 0.05) is 6.54 Å². The van der Waals surface area contributed by atoms with Gasteiger partial charge in [-0.1, -0.05) is 29.4 Å². The minimum absolute atomic E-state index is 0.241. The molecule has 0 saturated heterocycles. The van der Waals surface area contributed by atoms with E-state index in [-0.39, 0.29) is 11.2 Å². The topological polar surface area (TPSA) is 54.5 Å². The number of hydrazone groups is 1. The van der Waals surface area contributed by atoms with Gasteiger partial charge in [0.1, 0.15) is 11.5 Å². The van der Waals surface area contributed by atoms with Gasteiger partial charge in [-0.2, -0.15) is 10.1 Å². The summed E-state index contributed by atoms with van der Waals surface area (Å²) in [5, 5.41) is 10.8. The summed E-state index contributed by atoms with van der Waals surface area (Å²) in [6.07, 6.45) is 1.77. The first-order chi connectivity index (χ1) is 13.5. The Labute approximate surface area is 163 Å². The number of nitrogens with zero attached hydrogens (tertiary/aromatic N) is 4. The Morgan fingerprint density at radius 1 is 1.21 bits per heavy atom. The van der Waals surface area contributed by atoms with E-state index in [4.69, 9.17) is 4.52 Å². The lowest BCUT2D eigenvalue weighted by Gasteiger charge is -2.17. The van der Waals surface area contributed by atoms with Gasteiger partial charge in [-0.3, -0.25) is 5.01 Å². The van der Waals surface area contributed by atoms with Crippen LogP contribution in [0.1, 0.15) is 49.5 Å². The van der Waals surface area contributed by atoms with Gasteiger partial charge in [0.15, 0.2) is 5.82 Å². The van der Waals surface area contributed by atoms with Crippen molar-refractivity contribution in [1.29, 1.82) is 0 Å². The van der Waals surface area contributed by atoms with E-state index in [1.54, 1.807) is 12.1 Å². The third kappa shape index (κ3) is 3.30. The highest BCUT2D eigenvalue weighted by Crippen LogP contribution is 2.53. The van der Waals surface area contributed by atoms with Crippen LogP contribution in [0.25, 0.3) is 0 Å². The van der Waals surface area contributed by atoms with E-state index >= 15 is 0 Å². The van der Waals surface area contributed by atoms with Crippen molar-refractivity contribution < 1.29 is 8.91 Å². The molecule has 0 atom stereocenters. The highest BCUT2D eigenvalue weighted by Gasteiger charge is 2.51. The molecule has 3 aromatic rings. The molecule has 0 N–H and O–H groups in total. The van der Waals surface area contributed by atoms with Gasteiger partial charge in [0.05, 0.1) is 11.1 Å². The van der Waals surface area contributed by atoms with Crippen molar-refractivity contribution in [2.75, 3.05) is 11.6 Å². The number of anilines is 1. The van der Waals surface area contributed by atoms with Gasteiger partial charge < -0.3 is 4.52 Å². The smallest absolute Gasteiger partial charge is 0.273 e. The van der Waals surface area contributed by atoms with Crippen LogP contribution in [0.2, 0.25) is 0 Å². The molecule has 1 aliphatic carbocycles. The van der Waals surface area contributed by atoms with E-state index < -0.39 is 0 Å². The second kappa shape index (κ2) is 7.19. The van der Waals surface area contributed by atoms with Gasteiger partial charge >= 0.3 is 0 Å². The van der Waals surface area contributed by atoms with Crippen LogP contribution in [0.5, 0.6) is 0 Å². The molecule has 144 valence electrons.